The smallest absolute Gasteiger partial charge is 0.258 e. The van der Waals surface area contributed by atoms with Crippen LogP contribution >= 0.6 is 12.6 Å². The largest absolute Gasteiger partial charge is 0.466 e. The number of nitrogens with two attached hydrogens (primary N) is 1. The lowest BCUT2D eigenvalue weighted by atomic mass is 10.1. The summed E-state index contributed by atoms with van der Waals surface area (Å²) in [6, 6.07) is 27.8. The van der Waals surface area contributed by atoms with Crippen molar-refractivity contribution in [2.24, 2.45) is 5.73 Å². The Hall–Kier alpha value is -3.55. The van der Waals surface area contributed by atoms with Gasteiger partial charge in [-0.3, -0.25) is 4.79 Å². The van der Waals surface area contributed by atoms with Gasteiger partial charge in [0.15, 0.2) is 6.61 Å². The number of nitrogens with zero attached hydrogens (tertiary/aromatic N) is 1. The number of benzene rings is 3. The van der Waals surface area contributed by atoms with Crippen LogP contribution in [-0.2, 0) is 11.3 Å². The zero-order chi connectivity index (χ0) is 23.8. The van der Waals surface area contributed by atoms with E-state index in [2.05, 4.69) is 52.5 Å². The Labute approximate surface area is 205 Å². The normalized spacial score (nSPS) is 11.7. The third-order valence-electron chi connectivity index (χ3n) is 5.36. The number of hydrogen-bond donors (Lipinski definition) is 4. The Bertz CT molecular complexity index is 1250. The van der Waals surface area contributed by atoms with Gasteiger partial charge in [-0.2, -0.15) is 12.6 Å². The van der Waals surface area contributed by atoms with Gasteiger partial charge >= 0.3 is 0 Å². The highest BCUT2D eigenvalue weighted by Gasteiger charge is 2.12. The second kappa shape index (κ2) is 11.5. The van der Waals surface area contributed by atoms with Crippen molar-refractivity contribution >= 4 is 35.0 Å². The van der Waals surface area contributed by atoms with Gasteiger partial charge in [0.1, 0.15) is 0 Å². The van der Waals surface area contributed by atoms with Crippen molar-refractivity contribution in [1.82, 2.24) is 10.3 Å². The number of thiol groups is 1. The summed E-state index contributed by atoms with van der Waals surface area (Å²) < 4.78 is 5.84. The van der Waals surface area contributed by atoms with Crippen molar-refractivity contribution in [3.8, 4) is 17.1 Å². The summed E-state index contributed by atoms with van der Waals surface area (Å²) in [7, 11) is 0. The molecule has 0 aliphatic carbocycles. The summed E-state index contributed by atoms with van der Waals surface area (Å²) >= 11 is 4.23. The molecule has 1 unspecified atom stereocenters. The molecule has 0 bridgehead atoms. The topological polar surface area (TPSA) is 89.3 Å². The number of aromatic nitrogens is 1. The molecular formula is C27H28N4O2S. The summed E-state index contributed by atoms with van der Waals surface area (Å²) in [5, 5.41) is 8.48. The van der Waals surface area contributed by atoms with E-state index >= 15 is 0 Å². The first-order chi connectivity index (χ1) is 16.6. The third-order valence-corrected chi connectivity index (χ3v) is 5.83. The molecule has 0 aliphatic rings. The zero-order valence-electron chi connectivity index (χ0n) is 18.8. The lowest BCUT2D eigenvalue weighted by Gasteiger charge is -2.16. The maximum atomic E-state index is 12.5. The molecule has 6 nitrogen and oxygen atoms in total. The number of hydrogen-bond acceptors (Lipinski definition) is 6. The molecule has 0 aliphatic heterocycles. The maximum absolute atomic E-state index is 12.5. The van der Waals surface area contributed by atoms with E-state index in [4.69, 9.17) is 10.5 Å². The number of nitrogens with one attached hydrogen (secondary N) is 2. The minimum Gasteiger partial charge on any atom is -0.466 e. The SMILES string of the molecule is NC(CS)CNc1ccc(-c2ccccc2)nc1OCC(=O)NCc1ccc2ccccc2c1. The number of anilines is 1. The standard InChI is InChI=1S/C27H28N4O2S/c28-23(18-34)16-29-25-13-12-24(21-7-2-1-3-8-21)31-27(25)33-17-26(32)30-15-19-10-11-20-6-4-5-9-22(20)14-19/h1-14,23,29,34H,15-18,28H2,(H,30,32). The highest BCUT2D eigenvalue weighted by molar-refractivity contribution is 7.80. The molecule has 174 valence electrons. The van der Waals surface area contributed by atoms with Gasteiger partial charge in [-0.05, 0) is 34.5 Å². The summed E-state index contributed by atoms with van der Waals surface area (Å²) in [5.41, 5.74) is 9.41. The van der Waals surface area contributed by atoms with Crippen LogP contribution in [0.3, 0.4) is 0 Å². The molecule has 1 heterocycles. The molecular weight excluding hydrogens is 444 g/mol. The average molecular weight is 473 g/mol. The number of fused-ring (bicyclic) bond motifs is 1. The average Bonchev–Trinajstić information content (AvgIpc) is 2.89. The van der Waals surface area contributed by atoms with E-state index in [9.17, 15) is 4.79 Å². The van der Waals surface area contributed by atoms with Crippen molar-refractivity contribution in [1.29, 1.82) is 0 Å². The fraction of sp³-hybridized carbons (Fsp3) is 0.185. The quantitative estimate of drug-likeness (QED) is 0.259. The van der Waals surface area contributed by atoms with Crippen LogP contribution in [-0.4, -0.2) is 35.8 Å². The zero-order valence-corrected chi connectivity index (χ0v) is 19.7. The second-order valence-corrected chi connectivity index (χ2v) is 8.35. The Morgan fingerprint density at radius 2 is 1.74 bits per heavy atom. The van der Waals surface area contributed by atoms with E-state index in [1.165, 1.54) is 5.39 Å². The van der Waals surface area contributed by atoms with E-state index in [1.54, 1.807) is 0 Å². The fourth-order valence-electron chi connectivity index (χ4n) is 3.49. The van der Waals surface area contributed by atoms with Gasteiger partial charge in [0, 0.05) is 30.4 Å². The van der Waals surface area contributed by atoms with Gasteiger partial charge in [0.2, 0.25) is 5.88 Å². The number of amides is 1. The summed E-state index contributed by atoms with van der Waals surface area (Å²) in [5.74, 6) is 0.683. The number of rotatable bonds is 10. The molecule has 0 spiro atoms. The van der Waals surface area contributed by atoms with Gasteiger partial charge in [-0.1, -0.05) is 66.7 Å². The molecule has 0 saturated carbocycles. The lowest BCUT2D eigenvalue weighted by Crippen LogP contribution is -2.31. The van der Waals surface area contributed by atoms with Gasteiger partial charge < -0.3 is 21.1 Å². The van der Waals surface area contributed by atoms with Crippen LogP contribution in [0.2, 0.25) is 0 Å². The molecule has 3 aromatic carbocycles. The highest BCUT2D eigenvalue weighted by atomic mass is 32.1. The Morgan fingerprint density at radius 3 is 2.53 bits per heavy atom. The Morgan fingerprint density at radius 1 is 0.971 bits per heavy atom. The first kappa shape index (κ1) is 23.6. The minimum absolute atomic E-state index is 0.116. The van der Waals surface area contributed by atoms with Crippen LogP contribution in [0.5, 0.6) is 5.88 Å². The predicted molar refractivity (Wildman–Crippen MR) is 141 cm³/mol. The van der Waals surface area contributed by atoms with E-state index in [1.807, 2.05) is 60.7 Å². The van der Waals surface area contributed by atoms with E-state index in [0.29, 0.717) is 30.4 Å². The minimum atomic E-state index is -0.224. The monoisotopic (exact) mass is 472 g/mol. The maximum Gasteiger partial charge on any atom is 0.258 e. The number of pyridine rings is 1. The van der Waals surface area contributed by atoms with Gasteiger partial charge in [-0.15, -0.1) is 0 Å². The van der Waals surface area contributed by atoms with Crippen molar-refractivity contribution in [3.05, 3.63) is 90.5 Å². The highest BCUT2D eigenvalue weighted by Crippen LogP contribution is 2.27. The van der Waals surface area contributed by atoms with Crippen LogP contribution < -0.4 is 21.1 Å². The summed E-state index contributed by atoms with van der Waals surface area (Å²) in [6.07, 6.45) is 0. The molecule has 1 amide bonds. The first-order valence-corrected chi connectivity index (χ1v) is 11.8. The molecule has 0 saturated heterocycles. The molecule has 0 fully saturated rings. The molecule has 1 atom stereocenters. The van der Waals surface area contributed by atoms with Crippen molar-refractivity contribution < 1.29 is 9.53 Å². The van der Waals surface area contributed by atoms with E-state index < -0.39 is 0 Å². The van der Waals surface area contributed by atoms with E-state index in [-0.39, 0.29) is 18.6 Å². The van der Waals surface area contributed by atoms with Crippen LogP contribution in [0.25, 0.3) is 22.0 Å². The third kappa shape index (κ3) is 6.27. The molecule has 4 aromatic rings. The molecule has 0 radical (unpaired) electrons. The number of carbonyl (C=O) groups excluding carboxylic acids is 1. The fourth-order valence-corrected chi connectivity index (χ4v) is 3.62. The molecule has 4 rings (SSSR count). The summed E-state index contributed by atoms with van der Waals surface area (Å²) in [4.78, 5) is 17.2. The molecule has 7 heteroatoms. The van der Waals surface area contributed by atoms with Gasteiger partial charge in [0.05, 0.1) is 11.4 Å². The van der Waals surface area contributed by atoms with Gasteiger partial charge in [-0.25, -0.2) is 4.98 Å². The lowest BCUT2D eigenvalue weighted by molar-refractivity contribution is -0.123. The number of ether oxygens (including phenoxy) is 1. The van der Waals surface area contributed by atoms with Crippen molar-refractivity contribution in [2.45, 2.75) is 12.6 Å². The molecule has 34 heavy (non-hydrogen) atoms. The van der Waals surface area contributed by atoms with Crippen molar-refractivity contribution in [2.75, 3.05) is 24.2 Å². The molecule has 4 N–H and O–H groups in total. The van der Waals surface area contributed by atoms with Crippen molar-refractivity contribution in [3.63, 3.8) is 0 Å². The Balaban J connectivity index is 1.42. The molecule has 1 aromatic heterocycles. The van der Waals surface area contributed by atoms with Crippen LogP contribution in [0, 0.1) is 0 Å². The van der Waals surface area contributed by atoms with Crippen LogP contribution in [0.15, 0.2) is 84.9 Å². The Kier molecular flexibility index (Phi) is 8.01. The first-order valence-electron chi connectivity index (χ1n) is 11.2. The van der Waals surface area contributed by atoms with Gasteiger partial charge in [0.25, 0.3) is 5.91 Å². The number of carbonyl (C=O) groups is 1. The van der Waals surface area contributed by atoms with E-state index in [0.717, 1.165) is 22.2 Å². The summed E-state index contributed by atoms with van der Waals surface area (Å²) in [6.45, 7) is 0.791. The second-order valence-electron chi connectivity index (χ2n) is 7.99. The predicted octanol–water partition coefficient (Wildman–Crippen LogP) is 4.27. The van der Waals surface area contributed by atoms with Crippen LogP contribution in [0.1, 0.15) is 5.56 Å². The van der Waals surface area contributed by atoms with Crippen LogP contribution in [0.4, 0.5) is 5.69 Å².